The Morgan fingerprint density at radius 2 is 1.46 bits per heavy atom. The summed E-state index contributed by atoms with van der Waals surface area (Å²) in [5.74, 6) is -0.0817. The Labute approximate surface area is 161 Å². The van der Waals surface area contributed by atoms with Crippen molar-refractivity contribution in [3.8, 4) is 33.8 Å². The molecule has 0 amide bonds. The molecule has 140 valence electrons. The number of halogens is 1. The Morgan fingerprint density at radius 1 is 0.893 bits per heavy atom. The molecule has 0 aliphatic heterocycles. The fourth-order valence-electron chi connectivity index (χ4n) is 2.61. The fraction of sp³-hybridized carbons (Fsp3) is 0.0435. The number of carbonyl (C=O) groups excluding carboxylic acids is 2. The summed E-state index contributed by atoms with van der Waals surface area (Å²) in [6.07, 6.45) is 0. The van der Waals surface area contributed by atoms with Gasteiger partial charge in [-0.05, 0) is 53.9 Å². The van der Waals surface area contributed by atoms with Crippen LogP contribution in [0.1, 0.15) is 6.92 Å². The fourth-order valence-corrected chi connectivity index (χ4v) is 2.61. The SMILES string of the molecule is C=C(C)C(=O)Oc1ccc(-c2ccc(-c3ccc(OC=O)cc3)c(F)c2)cc1. The van der Waals surface area contributed by atoms with Gasteiger partial charge in [0.25, 0.3) is 6.47 Å². The largest absolute Gasteiger partial charge is 0.429 e. The van der Waals surface area contributed by atoms with Gasteiger partial charge in [0, 0.05) is 11.1 Å². The summed E-state index contributed by atoms with van der Waals surface area (Å²) in [5, 5.41) is 0. The van der Waals surface area contributed by atoms with Gasteiger partial charge in [0.1, 0.15) is 17.3 Å². The molecule has 0 aliphatic carbocycles. The molecular weight excluding hydrogens is 359 g/mol. The molecule has 0 spiro atoms. The van der Waals surface area contributed by atoms with Gasteiger partial charge in [0.05, 0.1) is 0 Å². The number of benzene rings is 3. The van der Waals surface area contributed by atoms with Crippen LogP contribution >= 0.6 is 0 Å². The van der Waals surface area contributed by atoms with E-state index >= 15 is 0 Å². The summed E-state index contributed by atoms with van der Waals surface area (Å²) in [5.41, 5.74) is 2.90. The van der Waals surface area contributed by atoms with E-state index in [1.54, 1.807) is 61.5 Å². The van der Waals surface area contributed by atoms with Gasteiger partial charge in [0.15, 0.2) is 0 Å². The van der Waals surface area contributed by atoms with Crippen LogP contribution in [0.5, 0.6) is 11.5 Å². The Kier molecular flexibility index (Phi) is 5.65. The summed E-state index contributed by atoms with van der Waals surface area (Å²) in [4.78, 5) is 21.9. The molecule has 0 saturated heterocycles. The van der Waals surface area contributed by atoms with Crippen molar-refractivity contribution < 1.29 is 23.5 Å². The van der Waals surface area contributed by atoms with Gasteiger partial charge in [0.2, 0.25) is 0 Å². The topological polar surface area (TPSA) is 52.6 Å². The normalized spacial score (nSPS) is 10.2. The molecule has 0 bridgehead atoms. The standard InChI is InChI=1S/C23H17FO4/c1-15(2)23(26)28-20-10-3-16(4-11-20)18-7-12-21(22(24)13-18)17-5-8-19(9-6-17)27-14-25/h3-14H,1H2,2H3. The maximum absolute atomic E-state index is 14.6. The van der Waals surface area contributed by atoms with Gasteiger partial charge in [-0.25, -0.2) is 9.18 Å². The van der Waals surface area contributed by atoms with Gasteiger partial charge >= 0.3 is 5.97 Å². The molecule has 0 aliphatic rings. The molecule has 0 fully saturated rings. The molecule has 0 saturated carbocycles. The lowest BCUT2D eigenvalue weighted by atomic mass is 9.99. The predicted octanol–water partition coefficient (Wildman–Crippen LogP) is 5.18. The van der Waals surface area contributed by atoms with Crippen molar-refractivity contribution in [2.45, 2.75) is 6.92 Å². The molecule has 0 atom stereocenters. The minimum atomic E-state index is -0.493. The van der Waals surface area contributed by atoms with Gasteiger partial charge in [-0.3, -0.25) is 4.79 Å². The number of carbonyl (C=O) groups is 2. The second-order valence-corrected chi connectivity index (χ2v) is 6.13. The van der Waals surface area contributed by atoms with E-state index in [1.807, 2.05) is 6.07 Å². The van der Waals surface area contributed by atoms with Gasteiger partial charge in [-0.15, -0.1) is 0 Å². The van der Waals surface area contributed by atoms with Gasteiger partial charge < -0.3 is 9.47 Å². The predicted molar refractivity (Wildman–Crippen MR) is 104 cm³/mol. The molecular formula is C23H17FO4. The molecule has 5 heteroatoms. The summed E-state index contributed by atoms with van der Waals surface area (Å²) in [6, 6.07) is 18.3. The van der Waals surface area contributed by atoms with E-state index in [2.05, 4.69) is 6.58 Å². The first-order chi connectivity index (χ1) is 13.5. The highest BCUT2D eigenvalue weighted by Gasteiger charge is 2.09. The van der Waals surface area contributed by atoms with Crippen LogP contribution in [-0.2, 0) is 9.59 Å². The number of ether oxygens (including phenoxy) is 2. The van der Waals surface area contributed by atoms with Crippen LogP contribution in [0, 0.1) is 5.82 Å². The zero-order valence-corrected chi connectivity index (χ0v) is 15.1. The summed E-state index contributed by atoms with van der Waals surface area (Å²) < 4.78 is 24.5. The quantitative estimate of drug-likeness (QED) is 0.258. The number of hydrogen-bond donors (Lipinski definition) is 0. The Balaban J connectivity index is 1.81. The van der Waals surface area contributed by atoms with Crippen molar-refractivity contribution in [3.05, 3.63) is 84.7 Å². The first kappa shape index (κ1) is 19.0. The number of hydrogen-bond acceptors (Lipinski definition) is 4. The van der Waals surface area contributed by atoms with Crippen LogP contribution in [0.15, 0.2) is 78.9 Å². The zero-order chi connectivity index (χ0) is 20.1. The van der Waals surface area contributed by atoms with Crippen molar-refractivity contribution in [2.75, 3.05) is 0 Å². The second kappa shape index (κ2) is 8.31. The highest BCUT2D eigenvalue weighted by Crippen LogP contribution is 2.30. The molecule has 4 nitrogen and oxygen atoms in total. The van der Waals surface area contributed by atoms with E-state index in [9.17, 15) is 14.0 Å². The minimum Gasteiger partial charge on any atom is -0.429 e. The Morgan fingerprint density at radius 3 is 2.04 bits per heavy atom. The highest BCUT2D eigenvalue weighted by atomic mass is 19.1. The van der Waals surface area contributed by atoms with Crippen molar-refractivity contribution in [2.24, 2.45) is 0 Å². The average molecular weight is 376 g/mol. The first-order valence-electron chi connectivity index (χ1n) is 8.46. The van der Waals surface area contributed by atoms with Crippen LogP contribution in [0.2, 0.25) is 0 Å². The van der Waals surface area contributed by atoms with Crippen LogP contribution in [0.25, 0.3) is 22.3 Å². The van der Waals surface area contributed by atoms with E-state index in [1.165, 1.54) is 6.07 Å². The highest BCUT2D eigenvalue weighted by molar-refractivity contribution is 5.88. The lowest BCUT2D eigenvalue weighted by Gasteiger charge is -2.09. The molecule has 3 aromatic carbocycles. The minimum absolute atomic E-state index is 0.312. The van der Waals surface area contributed by atoms with E-state index in [0.29, 0.717) is 40.2 Å². The second-order valence-electron chi connectivity index (χ2n) is 6.13. The third-order valence-corrected chi connectivity index (χ3v) is 4.07. The first-order valence-corrected chi connectivity index (χ1v) is 8.46. The van der Waals surface area contributed by atoms with E-state index in [0.717, 1.165) is 5.56 Å². The lowest BCUT2D eigenvalue weighted by molar-refractivity contribution is -0.130. The van der Waals surface area contributed by atoms with E-state index in [-0.39, 0.29) is 5.82 Å². The molecule has 3 rings (SSSR count). The van der Waals surface area contributed by atoms with Crippen molar-refractivity contribution in [1.29, 1.82) is 0 Å². The summed E-state index contributed by atoms with van der Waals surface area (Å²) >= 11 is 0. The molecule has 28 heavy (non-hydrogen) atoms. The van der Waals surface area contributed by atoms with E-state index in [4.69, 9.17) is 9.47 Å². The monoisotopic (exact) mass is 376 g/mol. The zero-order valence-electron chi connectivity index (χ0n) is 15.1. The third kappa shape index (κ3) is 4.32. The maximum atomic E-state index is 14.6. The van der Waals surface area contributed by atoms with Gasteiger partial charge in [-0.1, -0.05) is 43.0 Å². The van der Waals surface area contributed by atoms with Crippen LogP contribution in [0.4, 0.5) is 4.39 Å². The molecule has 3 aromatic rings. The van der Waals surface area contributed by atoms with Gasteiger partial charge in [-0.2, -0.15) is 0 Å². The van der Waals surface area contributed by atoms with E-state index < -0.39 is 5.97 Å². The molecule has 0 radical (unpaired) electrons. The van der Waals surface area contributed by atoms with Crippen molar-refractivity contribution in [1.82, 2.24) is 0 Å². The third-order valence-electron chi connectivity index (χ3n) is 4.07. The molecule has 0 aromatic heterocycles. The van der Waals surface area contributed by atoms with Crippen molar-refractivity contribution >= 4 is 12.4 Å². The smallest absolute Gasteiger partial charge is 0.338 e. The summed E-state index contributed by atoms with van der Waals surface area (Å²) in [7, 11) is 0. The number of esters is 1. The maximum Gasteiger partial charge on any atom is 0.338 e. The Bertz CT molecular complexity index is 1020. The molecule has 0 N–H and O–H groups in total. The Hall–Kier alpha value is -3.73. The van der Waals surface area contributed by atoms with Crippen LogP contribution < -0.4 is 9.47 Å². The molecule has 0 heterocycles. The van der Waals surface area contributed by atoms with Crippen LogP contribution in [0.3, 0.4) is 0 Å². The van der Waals surface area contributed by atoms with Crippen molar-refractivity contribution in [3.63, 3.8) is 0 Å². The summed E-state index contributed by atoms with van der Waals surface area (Å²) in [6.45, 7) is 5.45. The van der Waals surface area contributed by atoms with Crippen LogP contribution in [-0.4, -0.2) is 12.4 Å². The lowest BCUT2D eigenvalue weighted by Crippen LogP contribution is -2.07. The average Bonchev–Trinajstić information content (AvgIpc) is 2.69. The molecule has 0 unspecified atom stereocenters. The number of rotatable bonds is 6.